The molecule has 0 spiro atoms. The third-order valence-corrected chi connectivity index (χ3v) is 5.79. The molecule has 2 amide bonds. The highest BCUT2D eigenvalue weighted by Gasteiger charge is 2.61. The Morgan fingerprint density at radius 1 is 1.04 bits per heavy atom. The Morgan fingerprint density at radius 3 is 2.32 bits per heavy atom. The van der Waals surface area contributed by atoms with Crippen molar-refractivity contribution < 1.29 is 19.1 Å². The van der Waals surface area contributed by atoms with E-state index in [1.54, 1.807) is 31.2 Å². The lowest BCUT2D eigenvalue weighted by molar-refractivity contribution is -0.148. The van der Waals surface area contributed by atoms with Crippen LogP contribution in [0.5, 0.6) is 0 Å². The lowest BCUT2D eigenvalue weighted by Crippen LogP contribution is -2.44. The number of benzene rings is 2. The summed E-state index contributed by atoms with van der Waals surface area (Å²) >= 11 is 3.36. The Hall–Kier alpha value is -2.51. The van der Waals surface area contributed by atoms with Crippen LogP contribution in [0.1, 0.15) is 18.5 Å². The van der Waals surface area contributed by atoms with Crippen LogP contribution in [0, 0.1) is 11.8 Å². The van der Waals surface area contributed by atoms with Gasteiger partial charge in [0.15, 0.2) is 0 Å². The molecule has 2 aliphatic heterocycles. The molecule has 0 aromatic heterocycles. The molecule has 2 saturated heterocycles. The van der Waals surface area contributed by atoms with Gasteiger partial charge in [-0.15, -0.1) is 0 Å². The maximum atomic E-state index is 13.3. The Kier molecular flexibility index (Phi) is 5.03. The SMILES string of the molecule is CCOC(=O)[C@@H]1N[C@H](c2ccccc2)[C@H]2C(=O)N(c3ccc(Br)cc3)C(=O)[C@H]21. The largest absolute Gasteiger partial charge is 0.465 e. The number of hydrogen-bond acceptors (Lipinski definition) is 5. The van der Waals surface area contributed by atoms with Crippen LogP contribution in [0.3, 0.4) is 0 Å². The summed E-state index contributed by atoms with van der Waals surface area (Å²) < 4.78 is 6.02. The van der Waals surface area contributed by atoms with Crippen molar-refractivity contribution >= 4 is 39.4 Å². The van der Waals surface area contributed by atoms with Gasteiger partial charge in [0, 0.05) is 10.5 Å². The summed E-state index contributed by atoms with van der Waals surface area (Å²) in [6.45, 7) is 1.93. The summed E-state index contributed by atoms with van der Waals surface area (Å²) in [4.78, 5) is 40.2. The van der Waals surface area contributed by atoms with Crippen LogP contribution in [-0.4, -0.2) is 30.4 Å². The minimum absolute atomic E-state index is 0.211. The molecule has 2 aromatic rings. The molecule has 144 valence electrons. The summed E-state index contributed by atoms with van der Waals surface area (Å²) in [5.74, 6) is -2.63. The van der Waals surface area contributed by atoms with Gasteiger partial charge in [-0.2, -0.15) is 0 Å². The van der Waals surface area contributed by atoms with E-state index in [1.165, 1.54) is 4.90 Å². The smallest absolute Gasteiger partial charge is 0.324 e. The maximum Gasteiger partial charge on any atom is 0.324 e. The zero-order chi connectivity index (χ0) is 19.8. The second-order valence-electron chi connectivity index (χ2n) is 6.82. The van der Waals surface area contributed by atoms with Crippen LogP contribution < -0.4 is 10.2 Å². The van der Waals surface area contributed by atoms with Gasteiger partial charge < -0.3 is 4.74 Å². The normalized spacial score (nSPS) is 26.4. The number of nitrogens with one attached hydrogen (secondary N) is 1. The summed E-state index contributed by atoms with van der Waals surface area (Å²) in [5, 5.41) is 3.19. The second kappa shape index (κ2) is 7.48. The zero-order valence-electron chi connectivity index (χ0n) is 15.2. The number of hydrogen-bond donors (Lipinski definition) is 1. The molecule has 0 unspecified atom stereocenters. The third kappa shape index (κ3) is 3.04. The number of anilines is 1. The number of fused-ring (bicyclic) bond motifs is 1. The van der Waals surface area contributed by atoms with E-state index in [1.807, 2.05) is 30.3 Å². The van der Waals surface area contributed by atoms with Gasteiger partial charge in [-0.1, -0.05) is 46.3 Å². The van der Waals surface area contributed by atoms with Gasteiger partial charge in [0.05, 0.1) is 24.1 Å². The van der Waals surface area contributed by atoms with Crippen molar-refractivity contribution in [1.29, 1.82) is 0 Å². The molecule has 7 heteroatoms. The molecule has 2 aliphatic rings. The number of halogens is 1. The maximum absolute atomic E-state index is 13.3. The molecular weight excluding hydrogens is 424 g/mol. The van der Waals surface area contributed by atoms with E-state index in [0.29, 0.717) is 5.69 Å². The summed E-state index contributed by atoms with van der Waals surface area (Å²) in [6.07, 6.45) is 0. The predicted molar refractivity (Wildman–Crippen MR) is 106 cm³/mol. The molecule has 2 heterocycles. The Bertz CT molecular complexity index is 916. The first-order chi connectivity index (χ1) is 13.5. The van der Waals surface area contributed by atoms with Crippen LogP contribution in [0.15, 0.2) is 59.1 Å². The highest BCUT2D eigenvalue weighted by atomic mass is 79.9. The van der Waals surface area contributed by atoms with E-state index in [4.69, 9.17) is 4.74 Å². The molecular formula is C21H19BrN2O4. The minimum Gasteiger partial charge on any atom is -0.465 e. The van der Waals surface area contributed by atoms with Crippen molar-refractivity contribution in [3.63, 3.8) is 0 Å². The highest BCUT2D eigenvalue weighted by molar-refractivity contribution is 9.10. The molecule has 2 fully saturated rings. The number of imide groups is 1. The Labute approximate surface area is 171 Å². The fraction of sp³-hybridized carbons (Fsp3) is 0.286. The lowest BCUT2D eigenvalue weighted by atomic mass is 9.86. The molecule has 0 saturated carbocycles. The van der Waals surface area contributed by atoms with Crippen LogP contribution in [0.4, 0.5) is 5.69 Å². The molecule has 0 bridgehead atoms. The van der Waals surface area contributed by atoms with Crippen molar-refractivity contribution in [2.75, 3.05) is 11.5 Å². The number of carbonyl (C=O) groups excluding carboxylic acids is 3. The highest BCUT2D eigenvalue weighted by Crippen LogP contribution is 2.45. The predicted octanol–water partition coefficient (Wildman–Crippen LogP) is 2.83. The van der Waals surface area contributed by atoms with Crippen molar-refractivity contribution in [1.82, 2.24) is 5.32 Å². The summed E-state index contributed by atoms with van der Waals surface area (Å²) in [7, 11) is 0. The molecule has 0 aliphatic carbocycles. The summed E-state index contributed by atoms with van der Waals surface area (Å²) in [5.41, 5.74) is 1.37. The average molecular weight is 443 g/mol. The van der Waals surface area contributed by atoms with Gasteiger partial charge in [0.25, 0.3) is 0 Å². The van der Waals surface area contributed by atoms with Gasteiger partial charge in [-0.05, 0) is 36.8 Å². The molecule has 4 atom stereocenters. The summed E-state index contributed by atoms with van der Waals surface area (Å²) in [6, 6.07) is 15.1. The molecule has 6 nitrogen and oxygen atoms in total. The molecule has 28 heavy (non-hydrogen) atoms. The van der Waals surface area contributed by atoms with Crippen molar-refractivity contribution in [2.45, 2.75) is 19.0 Å². The number of carbonyl (C=O) groups is 3. The quantitative estimate of drug-likeness (QED) is 0.581. The van der Waals surface area contributed by atoms with Crippen molar-refractivity contribution in [3.05, 3.63) is 64.6 Å². The van der Waals surface area contributed by atoms with E-state index in [-0.39, 0.29) is 18.4 Å². The van der Waals surface area contributed by atoms with Crippen LogP contribution in [-0.2, 0) is 19.1 Å². The number of amides is 2. The van der Waals surface area contributed by atoms with E-state index in [9.17, 15) is 14.4 Å². The number of esters is 1. The van der Waals surface area contributed by atoms with Gasteiger partial charge in [-0.25, -0.2) is 4.90 Å². The first-order valence-corrected chi connectivity index (χ1v) is 9.93. The number of ether oxygens (including phenoxy) is 1. The van der Waals surface area contributed by atoms with E-state index < -0.39 is 29.9 Å². The Balaban J connectivity index is 1.75. The zero-order valence-corrected chi connectivity index (χ0v) is 16.8. The first-order valence-electron chi connectivity index (χ1n) is 9.14. The van der Waals surface area contributed by atoms with Crippen molar-refractivity contribution in [3.8, 4) is 0 Å². The minimum atomic E-state index is -0.855. The fourth-order valence-corrected chi connectivity index (χ4v) is 4.33. The van der Waals surface area contributed by atoms with Gasteiger partial charge >= 0.3 is 5.97 Å². The van der Waals surface area contributed by atoms with Gasteiger partial charge in [-0.3, -0.25) is 19.7 Å². The first kappa shape index (κ1) is 18.8. The van der Waals surface area contributed by atoms with E-state index in [2.05, 4.69) is 21.2 Å². The van der Waals surface area contributed by atoms with E-state index in [0.717, 1.165) is 10.0 Å². The standard InChI is InChI=1S/C21H19BrN2O4/c1-2-28-21(27)18-16-15(17(23-18)12-6-4-3-5-7-12)19(25)24(20(16)26)14-10-8-13(22)9-11-14/h3-11,15-18,23H,2H2,1H3/t15-,16+,17+,18+/m0/s1. The monoisotopic (exact) mass is 442 g/mol. The topological polar surface area (TPSA) is 75.7 Å². The van der Waals surface area contributed by atoms with Crippen LogP contribution in [0.2, 0.25) is 0 Å². The Morgan fingerprint density at radius 2 is 1.68 bits per heavy atom. The number of nitrogens with zero attached hydrogens (tertiary/aromatic N) is 1. The lowest BCUT2D eigenvalue weighted by Gasteiger charge is -2.22. The third-order valence-electron chi connectivity index (χ3n) is 5.26. The van der Waals surface area contributed by atoms with Crippen LogP contribution >= 0.6 is 15.9 Å². The molecule has 1 N–H and O–H groups in total. The average Bonchev–Trinajstić information content (AvgIpc) is 3.21. The molecule has 0 radical (unpaired) electrons. The number of rotatable bonds is 4. The molecule has 4 rings (SSSR count). The van der Waals surface area contributed by atoms with Gasteiger partial charge in [0.1, 0.15) is 6.04 Å². The molecule has 2 aromatic carbocycles. The second-order valence-corrected chi connectivity index (χ2v) is 7.74. The van der Waals surface area contributed by atoms with Crippen molar-refractivity contribution in [2.24, 2.45) is 11.8 Å². The van der Waals surface area contributed by atoms with Gasteiger partial charge in [0.2, 0.25) is 11.8 Å². The van der Waals surface area contributed by atoms with E-state index >= 15 is 0 Å². The fourth-order valence-electron chi connectivity index (χ4n) is 4.07. The van der Waals surface area contributed by atoms with Crippen LogP contribution in [0.25, 0.3) is 0 Å².